The molecule has 0 saturated heterocycles. The Labute approximate surface area is 409 Å². The molecule has 0 aromatic carbocycles. The van der Waals surface area contributed by atoms with E-state index < -0.39 is 12.1 Å². The number of ether oxygens (including phenoxy) is 1. The predicted octanol–water partition coefficient (Wildman–Crippen LogP) is 17.6. The fraction of sp³-hybridized carbons (Fsp3) is 0.800. The van der Waals surface area contributed by atoms with Gasteiger partial charge in [-0.3, -0.25) is 9.59 Å². The van der Waals surface area contributed by atoms with Crippen LogP contribution in [0.1, 0.15) is 284 Å². The lowest BCUT2D eigenvalue weighted by Gasteiger charge is -2.19. The maximum Gasteiger partial charge on any atom is 0.305 e. The third kappa shape index (κ3) is 51.0. The summed E-state index contributed by atoms with van der Waals surface area (Å²) >= 11 is 0. The van der Waals surface area contributed by atoms with Gasteiger partial charge in [0.25, 0.3) is 0 Å². The van der Waals surface area contributed by atoms with E-state index >= 15 is 0 Å². The van der Waals surface area contributed by atoms with Crippen molar-refractivity contribution in [2.45, 2.75) is 296 Å². The third-order valence-electron chi connectivity index (χ3n) is 12.8. The van der Waals surface area contributed by atoms with Gasteiger partial charge in [-0.1, -0.05) is 248 Å². The molecule has 1 amide bonds. The van der Waals surface area contributed by atoms with E-state index in [0.717, 1.165) is 57.8 Å². The van der Waals surface area contributed by atoms with Crippen LogP contribution in [0.15, 0.2) is 60.8 Å². The Kier molecular flexibility index (Phi) is 53.1. The van der Waals surface area contributed by atoms with Crippen LogP contribution < -0.4 is 5.32 Å². The number of rotatable bonds is 52. The molecule has 0 rings (SSSR count). The molecule has 0 fully saturated rings. The molecule has 6 nitrogen and oxygen atoms in total. The van der Waals surface area contributed by atoms with E-state index in [1.165, 1.54) is 193 Å². The summed E-state index contributed by atoms with van der Waals surface area (Å²) < 4.78 is 5.46. The molecule has 0 heterocycles. The smallest absolute Gasteiger partial charge is 0.305 e. The van der Waals surface area contributed by atoms with E-state index in [2.05, 4.69) is 61.7 Å². The summed E-state index contributed by atoms with van der Waals surface area (Å²) in [5.74, 6) is -0.176. The Balaban J connectivity index is 3.58. The number of hydrogen-bond acceptors (Lipinski definition) is 5. The zero-order valence-corrected chi connectivity index (χ0v) is 43.7. The number of carbonyl (C=O) groups is 2. The number of aliphatic hydroxyl groups is 2. The molecular formula is C60H109NO5. The van der Waals surface area contributed by atoms with Crippen molar-refractivity contribution in [2.75, 3.05) is 13.2 Å². The molecule has 2 atom stereocenters. The van der Waals surface area contributed by atoms with Crippen LogP contribution >= 0.6 is 0 Å². The highest BCUT2D eigenvalue weighted by Crippen LogP contribution is 2.16. The van der Waals surface area contributed by atoms with Crippen molar-refractivity contribution in [3.63, 3.8) is 0 Å². The average molecular weight is 925 g/mol. The number of esters is 1. The number of nitrogens with one attached hydrogen (secondary N) is 1. The molecule has 0 radical (unpaired) electrons. The molecule has 0 spiro atoms. The van der Waals surface area contributed by atoms with Crippen molar-refractivity contribution in [2.24, 2.45) is 0 Å². The quantitative estimate of drug-likeness (QED) is 0.0321. The molecule has 0 aromatic heterocycles. The molecule has 0 aromatic rings. The second-order valence-electron chi connectivity index (χ2n) is 19.3. The summed E-state index contributed by atoms with van der Waals surface area (Å²) in [6.07, 6.45) is 71.0. The van der Waals surface area contributed by atoms with Crippen molar-refractivity contribution in [1.29, 1.82) is 0 Å². The highest BCUT2D eigenvalue weighted by molar-refractivity contribution is 5.76. The maximum atomic E-state index is 12.4. The Hall–Kier alpha value is -2.44. The zero-order chi connectivity index (χ0) is 47.9. The van der Waals surface area contributed by atoms with Crippen LogP contribution in [0.4, 0.5) is 0 Å². The molecule has 0 saturated carbocycles. The second-order valence-corrected chi connectivity index (χ2v) is 19.3. The van der Waals surface area contributed by atoms with E-state index in [1.54, 1.807) is 6.08 Å². The topological polar surface area (TPSA) is 95.9 Å². The van der Waals surface area contributed by atoms with Gasteiger partial charge in [-0.2, -0.15) is 0 Å². The maximum absolute atomic E-state index is 12.4. The molecule has 6 heteroatoms. The highest BCUT2D eigenvalue weighted by Gasteiger charge is 2.17. The zero-order valence-electron chi connectivity index (χ0n) is 43.7. The first-order chi connectivity index (χ1) is 32.5. The molecule has 384 valence electrons. The monoisotopic (exact) mass is 924 g/mol. The van der Waals surface area contributed by atoms with Crippen LogP contribution in [-0.2, 0) is 14.3 Å². The largest absolute Gasteiger partial charge is 0.466 e. The Bertz CT molecular complexity index is 1160. The van der Waals surface area contributed by atoms with Gasteiger partial charge in [0.2, 0.25) is 5.91 Å². The number of aliphatic hydroxyl groups excluding tert-OH is 2. The van der Waals surface area contributed by atoms with Gasteiger partial charge >= 0.3 is 5.97 Å². The van der Waals surface area contributed by atoms with Gasteiger partial charge < -0.3 is 20.3 Å². The molecule has 2 unspecified atom stereocenters. The molecule has 3 N–H and O–H groups in total. The lowest BCUT2D eigenvalue weighted by molar-refractivity contribution is -0.143. The van der Waals surface area contributed by atoms with Crippen molar-refractivity contribution in [3.8, 4) is 0 Å². The molecule has 0 aliphatic heterocycles. The summed E-state index contributed by atoms with van der Waals surface area (Å²) in [6, 6.07) is -0.674. The fourth-order valence-electron chi connectivity index (χ4n) is 8.36. The number of hydrogen-bond donors (Lipinski definition) is 3. The van der Waals surface area contributed by atoms with Gasteiger partial charge in [-0.15, -0.1) is 0 Å². The van der Waals surface area contributed by atoms with Crippen LogP contribution in [0.5, 0.6) is 0 Å². The van der Waals surface area contributed by atoms with E-state index in [1.807, 2.05) is 12.2 Å². The number of unbranched alkanes of at least 4 members (excludes halogenated alkanes) is 33. The summed E-state index contributed by atoms with van der Waals surface area (Å²) in [7, 11) is 0. The number of allylic oxidation sites excluding steroid dienone is 9. The lowest BCUT2D eigenvalue weighted by Crippen LogP contribution is -2.45. The van der Waals surface area contributed by atoms with Crippen LogP contribution in [0.25, 0.3) is 0 Å². The average Bonchev–Trinajstić information content (AvgIpc) is 3.32. The number of amides is 1. The first kappa shape index (κ1) is 63.6. The Morgan fingerprint density at radius 2 is 0.773 bits per heavy atom. The first-order valence-corrected chi connectivity index (χ1v) is 28.6. The molecule has 0 bridgehead atoms. The molecular weight excluding hydrogens is 815 g/mol. The predicted molar refractivity (Wildman–Crippen MR) is 287 cm³/mol. The van der Waals surface area contributed by atoms with Crippen LogP contribution in [0, 0.1) is 0 Å². The summed E-state index contributed by atoms with van der Waals surface area (Å²) in [6.45, 7) is 4.81. The lowest BCUT2D eigenvalue weighted by atomic mass is 10.0. The normalized spacial score (nSPS) is 13.1. The van der Waals surface area contributed by atoms with E-state index in [-0.39, 0.29) is 18.5 Å². The van der Waals surface area contributed by atoms with Gasteiger partial charge in [0.05, 0.1) is 25.4 Å². The van der Waals surface area contributed by atoms with E-state index in [4.69, 9.17) is 4.74 Å². The highest BCUT2D eigenvalue weighted by atomic mass is 16.5. The molecule has 0 aliphatic carbocycles. The van der Waals surface area contributed by atoms with Crippen molar-refractivity contribution >= 4 is 11.9 Å². The summed E-state index contributed by atoms with van der Waals surface area (Å²) in [5, 5.41) is 23.1. The Morgan fingerprint density at radius 3 is 1.21 bits per heavy atom. The first-order valence-electron chi connectivity index (χ1n) is 28.6. The van der Waals surface area contributed by atoms with Crippen LogP contribution in [0.3, 0.4) is 0 Å². The molecule has 66 heavy (non-hydrogen) atoms. The van der Waals surface area contributed by atoms with Gasteiger partial charge in [0, 0.05) is 12.8 Å². The van der Waals surface area contributed by atoms with Gasteiger partial charge in [-0.25, -0.2) is 0 Å². The van der Waals surface area contributed by atoms with Gasteiger partial charge in [0.15, 0.2) is 0 Å². The second kappa shape index (κ2) is 55.2. The standard InChI is InChI=1S/C60H109NO5/c1-3-5-7-9-11-13-15-17-19-21-22-24-25-28-32-36-40-44-48-52-58(63)57(56-62)61-59(64)53-49-45-41-37-33-29-27-31-35-39-43-47-51-55-66-60(65)54-50-46-42-38-34-30-26-23-20-18-16-14-12-10-8-6-4-2/h12,14,18,20,29,33,41,45,48,52,57-58,62-63H,3-11,13,15-17,19,21-28,30-32,34-40,42-44,46-47,49-51,53-56H2,1-2H3,(H,61,64)/b14-12-,20-18-,33-29-,45-41-,52-48+. The van der Waals surface area contributed by atoms with Gasteiger partial charge in [0.1, 0.15) is 0 Å². The van der Waals surface area contributed by atoms with Crippen LogP contribution in [-0.4, -0.2) is 47.4 Å². The number of carbonyl (C=O) groups excluding carboxylic acids is 2. The van der Waals surface area contributed by atoms with Crippen molar-refractivity contribution in [3.05, 3.63) is 60.8 Å². The van der Waals surface area contributed by atoms with Crippen molar-refractivity contribution < 1.29 is 24.5 Å². The van der Waals surface area contributed by atoms with Crippen molar-refractivity contribution in [1.82, 2.24) is 5.32 Å². The minimum absolute atomic E-state index is 0.0268. The summed E-state index contributed by atoms with van der Waals surface area (Å²) in [4.78, 5) is 24.5. The molecule has 0 aliphatic rings. The SMILES string of the molecule is CCCCC/C=C\C/C=C\CCCCCCCCCC(=O)OCCCCCCCC/C=C\C/C=C\CCC(=O)NC(CO)C(O)/C=C/CCCCCCCCCCCCCCCCCCC. The fourth-order valence-corrected chi connectivity index (χ4v) is 8.36. The third-order valence-corrected chi connectivity index (χ3v) is 12.8. The minimum Gasteiger partial charge on any atom is -0.466 e. The van der Waals surface area contributed by atoms with E-state index in [0.29, 0.717) is 25.9 Å². The minimum atomic E-state index is -0.881. The Morgan fingerprint density at radius 1 is 0.424 bits per heavy atom. The van der Waals surface area contributed by atoms with Crippen LogP contribution in [0.2, 0.25) is 0 Å². The van der Waals surface area contributed by atoms with E-state index in [9.17, 15) is 19.8 Å². The summed E-state index contributed by atoms with van der Waals surface area (Å²) in [5.41, 5.74) is 0. The van der Waals surface area contributed by atoms with Gasteiger partial charge in [-0.05, 0) is 83.5 Å².